The number of carbonyl (C=O) groups is 3. The van der Waals surface area contributed by atoms with Crippen LogP contribution in [0.3, 0.4) is 0 Å². The zero-order chi connectivity index (χ0) is 19.1. The van der Waals surface area contributed by atoms with Crippen molar-refractivity contribution >= 4 is 23.5 Å². The summed E-state index contributed by atoms with van der Waals surface area (Å²) in [6.45, 7) is 3.75. The van der Waals surface area contributed by atoms with Gasteiger partial charge in [-0.25, -0.2) is 4.79 Å². The maximum absolute atomic E-state index is 12.4. The topological polar surface area (TPSA) is 109 Å². The first-order chi connectivity index (χ1) is 12.4. The molecule has 1 aromatic carbocycles. The second kappa shape index (κ2) is 8.84. The Hall–Kier alpha value is -3.09. The average Bonchev–Trinajstić information content (AvgIpc) is 3.14. The number of aliphatic carboxylic acids is 1. The first-order valence-electron chi connectivity index (χ1n) is 8.41. The van der Waals surface area contributed by atoms with E-state index in [0.29, 0.717) is 18.5 Å². The van der Waals surface area contributed by atoms with Crippen LogP contribution in [0.25, 0.3) is 0 Å². The standard InChI is InChI=1S/C19H22N2O5/c1-3-4-6-14(19(24)25)20-17(22)13-9-8-12(2)15(11-13)21-18(23)16-7-5-10-26-16/h5,7-11,14H,3-4,6H2,1-2H3,(H,20,22)(H,21,23)(H,24,25)/t14-/m0/s1. The van der Waals surface area contributed by atoms with Crippen LogP contribution in [0.5, 0.6) is 0 Å². The van der Waals surface area contributed by atoms with E-state index >= 15 is 0 Å². The molecule has 26 heavy (non-hydrogen) atoms. The van der Waals surface area contributed by atoms with E-state index in [0.717, 1.165) is 12.0 Å². The maximum Gasteiger partial charge on any atom is 0.326 e. The summed E-state index contributed by atoms with van der Waals surface area (Å²) in [7, 11) is 0. The van der Waals surface area contributed by atoms with E-state index in [2.05, 4.69) is 10.6 Å². The minimum absolute atomic E-state index is 0.157. The zero-order valence-electron chi connectivity index (χ0n) is 14.7. The van der Waals surface area contributed by atoms with Gasteiger partial charge in [0.2, 0.25) is 0 Å². The van der Waals surface area contributed by atoms with Gasteiger partial charge >= 0.3 is 5.97 Å². The Morgan fingerprint density at radius 1 is 1.19 bits per heavy atom. The molecule has 0 aliphatic carbocycles. The molecular formula is C19H22N2O5. The molecule has 2 aromatic rings. The van der Waals surface area contributed by atoms with Crippen LogP contribution in [-0.4, -0.2) is 28.9 Å². The number of aryl methyl sites for hydroxylation is 1. The number of anilines is 1. The fourth-order valence-electron chi connectivity index (χ4n) is 2.40. The number of benzene rings is 1. The van der Waals surface area contributed by atoms with Crippen molar-refractivity contribution in [2.45, 2.75) is 39.2 Å². The number of carboxylic acids is 1. The number of hydrogen-bond acceptors (Lipinski definition) is 4. The summed E-state index contributed by atoms with van der Waals surface area (Å²) < 4.78 is 5.04. The van der Waals surface area contributed by atoms with Gasteiger partial charge in [-0.15, -0.1) is 0 Å². The van der Waals surface area contributed by atoms with Crippen molar-refractivity contribution in [2.24, 2.45) is 0 Å². The lowest BCUT2D eigenvalue weighted by Gasteiger charge is -2.15. The number of carboxylic acid groups (broad SMARTS) is 1. The van der Waals surface area contributed by atoms with Gasteiger partial charge in [0.15, 0.2) is 5.76 Å². The van der Waals surface area contributed by atoms with Gasteiger partial charge < -0.3 is 20.2 Å². The van der Waals surface area contributed by atoms with Crippen molar-refractivity contribution in [3.05, 3.63) is 53.5 Å². The highest BCUT2D eigenvalue weighted by atomic mass is 16.4. The number of amides is 2. The van der Waals surface area contributed by atoms with Gasteiger partial charge in [0, 0.05) is 11.3 Å². The van der Waals surface area contributed by atoms with E-state index in [1.165, 1.54) is 18.4 Å². The lowest BCUT2D eigenvalue weighted by molar-refractivity contribution is -0.139. The molecule has 2 amide bonds. The summed E-state index contributed by atoms with van der Waals surface area (Å²) in [5.74, 6) is -1.83. The van der Waals surface area contributed by atoms with Gasteiger partial charge in [0.05, 0.1) is 6.26 Å². The fourth-order valence-corrected chi connectivity index (χ4v) is 2.40. The lowest BCUT2D eigenvalue weighted by Crippen LogP contribution is -2.40. The summed E-state index contributed by atoms with van der Waals surface area (Å²) in [5, 5.41) is 14.5. The van der Waals surface area contributed by atoms with Crippen LogP contribution in [0, 0.1) is 6.92 Å². The van der Waals surface area contributed by atoms with Gasteiger partial charge in [-0.3, -0.25) is 9.59 Å². The van der Waals surface area contributed by atoms with Crippen LogP contribution in [-0.2, 0) is 4.79 Å². The summed E-state index contributed by atoms with van der Waals surface area (Å²) in [6, 6.07) is 7.00. The Bertz CT molecular complexity index is 783. The Morgan fingerprint density at radius 2 is 1.96 bits per heavy atom. The number of furan rings is 1. The van der Waals surface area contributed by atoms with E-state index in [4.69, 9.17) is 4.42 Å². The number of unbranched alkanes of at least 4 members (excludes halogenated alkanes) is 1. The molecule has 2 rings (SSSR count). The smallest absolute Gasteiger partial charge is 0.326 e. The van der Waals surface area contributed by atoms with Crippen molar-refractivity contribution in [2.75, 3.05) is 5.32 Å². The van der Waals surface area contributed by atoms with E-state index in [1.807, 2.05) is 6.92 Å². The Balaban J connectivity index is 2.13. The number of carbonyl (C=O) groups excluding carboxylic acids is 2. The first-order valence-corrected chi connectivity index (χ1v) is 8.41. The molecule has 1 atom stereocenters. The summed E-state index contributed by atoms with van der Waals surface area (Å²) >= 11 is 0. The molecule has 0 aliphatic heterocycles. The van der Waals surface area contributed by atoms with Crippen LogP contribution in [0.4, 0.5) is 5.69 Å². The predicted octanol–water partition coefficient (Wildman–Crippen LogP) is 3.21. The van der Waals surface area contributed by atoms with Crippen molar-refractivity contribution in [3.63, 3.8) is 0 Å². The molecule has 1 heterocycles. The average molecular weight is 358 g/mol. The normalized spacial score (nSPS) is 11.6. The largest absolute Gasteiger partial charge is 0.480 e. The molecule has 0 bridgehead atoms. The van der Waals surface area contributed by atoms with E-state index in [-0.39, 0.29) is 11.3 Å². The maximum atomic E-state index is 12.4. The number of hydrogen-bond donors (Lipinski definition) is 3. The number of rotatable bonds is 8. The Morgan fingerprint density at radius 3 is 2.58 bits per heavy atom. The minimum Gasteiger partial charge on any atom is -0.480 e. The Kier molecular flexibility index (Phi) is 6.54. The highest BCUT2D eigenvalue weighted by Crippen LogP contribution is 2.18. The molecule has 0 spiro atoms. The summed E-state index contributed by atoms with van der Waals surface area (Å²) in [4.78, 5) is 35.8. The third-order valence-corrected chi connectivity index (χ3v) is 3.94. The van der Waals surface area contributed by atoms with Crippen molar-refractivity contribution < 1.29 is 23.9 Å². The monoisotopic (exact) mass is 358 g/mol. The van der Waals surface area contributed by atoms with Gasteiger partial charge in [0.1, 0.15) is 6.04 Å². The van der Waals surface area contributed by atoms with Crippen LogP contribution in [0.2, 0.25) is 0 Å². The Labute approximate surface area is 151 Å². The zero-order valence-corrected chi connectivity index (χ0v) is 14.7. The van der Waals surface area contributed by atoms with Crippen molar-refractivity contribution in [1.82, 2.24) is 5.32 Å². The summed E-state index contributed by atoms with van der Waals surface area (Å²) in [6.07, 6.45) is 3.31. The van der Waals surface area contributed by atoms with Gasteiger partial charge in [0.25, 0.3) is 11.8 Å². The third-order valence-electron chi connectivity index (χ3n) is 3.94. The van der Waals surface area contributed by atoms with Crippen LogP contribution in [0.1, 0.15) is 52.7 Å². The molecular weight excluding hydrogens is 336 g/mol. The fraction of sp³-hybridized carbons (Fsp3) is 0.316. The van der Waals surface area contributed by atoms with Crippen LogP contribution < -0.4 is 10.6 Å². The second-order valence-corrected chi connectivity index (χ2v) is 5.97. The molecule has 138 valence electrons. The SMILES string of the molecule is CCCC[C@H](NC(=O)c1ccc(C)c(NC(=O)c2ccco2)c1)C(=O)O. The molecule has 0 saturated carbocycles. The van der Waals surface area contributed by atoms with Crippen molar-refractivity contribution in [3.8, 4) is 0 Å². The second-order valence-electron chi connectivity index (χ2n) is 5.97. The molecule has 7 heteroatoms. The molecule has 0 radical (unpaired) electrons. The van der Waals surface area contributed by atoms with Gasteiger partial charge in [-0.1, -0.05) is 25.8 Å². The first kappa shape index (κ1) is 19.2. The van der Waals surface area contributed by atoms with E-state index in [9.17, 15) is 19.5 Å². The molecule has 0 fully saturated rings. The van der Waals surface area contributed by atoms with Crippen LogP contribution >= 0.6 is 0 Å². The van der Waals surface area contributed by atoms with Gasteiger partial charge in [-0.05, 0) is 43.2 Å². The van der Waals surface area contributed by atoms with Crippen molar-refractivity contribution in [1.29, 1.82) is 0 Å². The van der Waals surface area contributed by atoms with E-state index < -0.39 is 23.8 Å². The molecule has 0 saturated heterocycles. The third kappa shape index (κ3) is 4.95. The highest BCUT2D eigenvalue weighted by molar-refractivity contribution is 6.04. The molecule has 3 N–H and O–H groups in total. The molecule has 7 nitrogen and oxygen atoms in total. The van der Waals surface area contributed by atoms with Crippen LogP contribution in [0.15, 0.2) is 41.0 Å². The minimum atomic E-state index is -1.06. The van der Waals surface area contributed by atoms with E-state index in [1.54, 1.807) is 25.1 Å². The molecule has 0 unspecified atom stereocenters. The van der Waals surface area contributed by atoms with Gasteiger partial charge in [-0.2, -0.15) is 0 Å². The lowest BCUT2D eigenvalue weighted by atomic mass is 10.1. The summed E-state index contributed by atoms with van der Waals surface area (Å²) in [5.41, 5.74) is 1.50. The highest BCUT2D eigenvalue weighted by Gasteiger charge is 2.20. The molecule has 0 aliphatic rings. The molecule has 1 aromatic heterocycles. The quantitative estimate of drug-likeness (QED) is 0.671. The number of nitrogens with one attached hydrogen (secondary N) is 2. The predicted molar refractivity (Wildman–Crippen MR) is 96.3 cm³/mol.